The number of nitrogens with one attached hydrogen (secondary N) is 3. The number of aromatic nitrogens is 1. The maximum absolute atomic E-state index is 13.2. The Balaban J connectivity index is 0.720. The van der Waals surface area contributed by atoms with Gasteiger partial charge in [-0.25, -0.2) is 0 Å². The summed E-state index contributed by atoms with van der Waals surface area (Å²) in [6.45, 7) is 7.02. The average molecular weight is 802 g/mol. The Labute approximate surface area is 342 Å². The Morgan fingerprint density at radius 2 is 1.71 bits per heavy atom. The van der Waals surface area contributed by atoms with E-state index in [1.165, 1.54) is 5.69 Å². The van der Waals surface area contributed by atoms with Crippen molar-refractivity contribution in [1.29, 1.82) is 5.26 Å². The van der Waals surface area contributed by atoms with Gasteiger partial charge in [0, 0.05) is 81.0 Å². The van der Waals surface area contributed by atoms with E-state index in [1.54, 1.807) is 24.5 Å². The number of rotatable bonds is 9. The van der Waals surface area contributed by atoms with Gasteiger partial charge < -0.3 is 29.3 Å². The zero-order chi connectivity index (χ0) is 39.8. The second-order valence-corrected chi connectivity index (χ2v) is 16.7. The summed E-state index contributed by atoms with van der Waals surface area (Å²) in [5, 5.41) is 18.3. The predicted octanol–water partition coefficient (Wildman–Crippen LogP) is 7.12. The lowest BCUT2D eigenvalue weighted by Gasteiger charge is -2.40. The Hall–Kier alpha value is -5.51. The molecule has 5 aromatic rings. The highest BCUT2D eigenvalue weighted by Crippen LogP contribution is 2.38. The van der Waals surface area contributed by atoms with Gasteiger partial charge in [-0.1, -0.05) is 23.7 Å². The lowest BCUT2D eigenvalue weighted by Crippen LogP contribution is -2.49. The SMILES string of the molecule is N#Cc1ccc(OC2CCC(NC(=O)c3ccc(N4CCC(CN5CCN(c6ccc7c(ccc8occ(C9CCC(=O)NC9=O)c87)c6)CC5)CC4)[nH]3)CC2)cc1Cl. The number of amides is 3. The molecule has 2 aromatic heterocycles. The number of anilines is 2. The number of nitrogens with zero attached hydrogens (tertiary/aromatic N) is 4. The first kappa shape index (κ1) is 38.0. The molecule has 9 rings (SSSR count). The summed E-state index contributed by atoms with van der Waals surface area (Å²) in [7, 11) is 0. The fourth-order valence-electron chi connectivity index (χ4n) is 9.37. The Bertz CT molecular complexity index is 2380. The molecular formula is C45H48ClN7O5. The van der Waals surface area contributed by atoms with Crippen molar-refractivity contribution in [1.82, 2.24) is 20.5 Å². The van der Waals surface area contributed by atoms with Crippen molar-refractivity contribution in [3.05, 3.63) is 88.8 Å². The second kappa shape index (κ2) is 16.4. The van der Waals surface area contributed by atoms with Crippen LogP contribution in [0.15, 0.2) is 71.3 Å². The van der Waals surface area contributed by atoms with Crippen molar-refractivity contribution in [2.75, 3.05) is 55.6 Å². The standard InChI is InChI=1S/C45H48ClN7O5/c46-38-24-34(6-1-30(38)25-47)58-33-7-3-31(4-8-33)48-45(56)39-11-13-41(49-39)53-17-15-28(16-18-53)26-51-19-21-52(22-20-51)32-5-9-35-29(23-32)2-12-40-43(35)37(27-57-40)36-10-14-42(54)50-44(36)55/h1-2,5-6,9,11-13,23-24,27-28,31,33,36,49H,3-4,7-8,10,14-22,26H2,(H,48,56)(H,50,54,55). The van der Waals surface area contributed by atoms with Gasteiger partial charge in [0.1, 0.15) is 28.9 Å². The number of piperidine rings is 2. The van der Waals surface area contributed by atoms with Crippen LogP contribution in [0.2, 0.25) is 5.02 Å². The van der Waals surface area contributed by atoms with Crippen LogP contribution in [0.3, 0.4) is 0 Å². The molecule has 0 spiro atoms. The van der Waals surface area contributed by atoms with Crippen LogP contribution in [-0.2, 0) is 9.59 Å². The first-order chi connectivity index (χ1) is 28.3. The average Bonchev–Trinajstić information content (AvgIpc) is 3.91. The number of carbonyl (C=O) groups excluding carboxylic acids is 3. The van der Waals surface area contributed by atoms with Gasteiger partial charge in [-0.15, -0.1) is 0 Å². The van der Waals surface area contributed by atoms with Gasteiger partial charge in [0.05, 0.1) is 28.9 Å². The number of halogens is 1. The molecule has 5 heterocycles. The van der Waals surface area contributed by atoms with Gasteiger partial charge in [-0.3, -0.25) is 24.6 Å². The van der Waals surface area contributed by atoms with Crippen LogP contribution in [-0.4, -0.2) is 85.6 Å². The molecule has 12 nitrogen and oxygen atoms in total. The molecule has 4 fully saturated rings. The molecule has 1 atom stereocenters. The van der Waals surface area contributed by atoms with Crippen molar-refractivity contribution >= 4 is 62.6 Å². The normalized spacial score (nSPS) is 22.2. The molecule has 3 aliphatic heterocycles. The van der Waals surface area contributed by atoms with E-state index >= 15 is 0 Å². The number of piperazine rings is 1. The van der Waals surface area contributed by atoms with Gasteiger partial charge in [-0.05, 0) is 104 Å². The van der Waals surface area contributed by atoms with E-state index in [0.717, 1.165) is 117 Å². The molecule has 4 aliphatic rings. The smallest absolute Gasteiger partial charge is 0.267 e. The fourth-order valence-corrected chi connectivity index (χ4v) is 9.59. The first-order valence-electron chi connectivity index (χ1n) is 20.6. The third-order valence-corrected chi connectivity index (χ3v) is 13.0. The van der Waals surface area contributed by atoms with Gasteiger partial charge in [0.25, 0.3) is 5.91 Å². The number of hydrogen-bond donors (Lipinski definition) is 3. The maximum Gasteiger partial charge on any atom is 0.267 e. The zero-order valence-corrected chi connectivity index (χ0v) is 33.2. The summed E-state index contributed by atoms with van der Waals surface area (Å²) in [6.07, 6.45) is 8.15. The Kier molecular flexibility index (Phi) is 10.7. The quantitative estimate of drug-likeness (QED) is 0.133. The van der Waals surface area contributed by atoms with Crippen molar-refractivity contribution < 1.29 is 23.5 Å². The van der Waals surface area contributed by atoms with Crippen LogP contribution >= 0.6 is 11.6 Å². The lowest BCUT2D eigenvalue weighted by atomic mass is 9.89. The van der Waals surface area contributed by atoms with Crippen LogP contribution < -0.4 is 25.2 Å². The highest BCUT2D eigenvalue weighted by Gasteiger charge is 2.32. The molecule has 3 saturated heterocycles. The minimum atomic E-state index is -0.391. The fraction of sp³-hybridized carbons (Fsp3) is 0.422. The highest BCUT2D eigenvalue weighted by atomic mass is 35.5. The van der Waals surface area contributed by atoms with E-state index in [0.29, 0.717) is 40.8 Å². The molecule has 1 aliphatic carbocycles. The van der Waals surface area contributed by atoms with Gasteiger partial charge in [-0.2, -0.15) is 5.26 Å². The second-order valence-electron chi connectivity index (χ2n) is 16.3. The highest BCUT2D eigenvalue weighted by molar-refractivity contribution is 6.31. The number of H-pyrrole nitrogens is 1. The monoisotopic (exact) mass is 801 g/mol. The molecule has 0 bridgehead atoms. The molecule has 0 radical (unpaired) electrons. The number of ether oxygens (including phenoxy) is 1. The van der Waals surface area contributed by atoms with Crippen molar-refractivity contribution in [3.8, 4) is 11.8 Å². The molecular weight excluding hydrogens is 754 g/mol. The van der Waals surface area contributed by atoms with E-state index in [9.17, 15) is 14.4 Å². The van der Waals surface area contributed by atoms with Gasteiger partial charge in [0.2, 0.25) is 11.8 Å². The van der Waals surface area contributed by atoms with Crippen molar-refractivity contribution in [2.45, 2.75) is 69.4 Å². The van der Waals surface area contributed by atoms with E-state index < -0.39 is 5.92 Å². The van der Waals surface area contributed by atoms with Crippen LogP contribution in [0.25, 0.3) is 21.7 Å². The van der Waals surface area contributed by atoms with Crippen molar-refractivity contribution in [3.63, 3.8) is 0 Å². The molecule has 3 amide bonds. The predicted molar refractivity (Wildman–Crippen MR) is 224 cm³/mol. The zero-order valence-electron chi connectivity index (χ0n) is 32.5. The summed E-state index contributed by atoms with van der Waals surface area (Å²) in [5.41, 5.74) is 3.84. The van der Waals surface area contributed by atoms with Crippen LogP contribution in [0.5, 0.6) is 5.75 Å². The number of nitriles is 1. The number of aromatic amines is 1. The third-order valence-electron chi connectivity index (χ3n) is 12.7. The Morgan fingerprint density at radius 1 is 0.897 bits per heavy atom. The number of benzene rings is 3. The Morgan fingerprint density at radius 3 is 2.47 bits per heavy atom. The minimum Gasteiger partial charge on any atom is -0.490 e. The summed E-state index contributed by atoms with van der Waals surface area (Å²) < 4.78 is 12.0. The van der Waals surface area contributed by atoms with Crippen LogP contribution in [0.4, 0.5) is 11.5 Å². The number of fused-ring (bicyclic) bond motifs is 3. The van der Waals surface area contributed by atoms with E-state index in [4.69, 9.17) is 26.0 Å². The molecule has 3 aromatic carbocycles. The van der Waals surface area contributed by atoms with E-state index in [1.807, 2.05) is 18.2 Å². The number of imide groups is 1. The largest absolute Gasteiger partial charge is 0.490 e. The molecule has 3 N–H and O–H groups in total. The summed E-state index contributed by atoms with van der Waals surface area (Å²) >= 11 is 6.17. The summed E-state index contributed by atoms with van der Waals surface area (Å²) in [5.74, 6) is 1.39. The summed E-state index contributed by atoms with van der Waals surface area (Å²) in [6, 6.07) is 21.9. The summed E-state index contributed by atoms with van der Waals surface area (Å²) in [4.78, 5) is 48.5. The van der Waals surface area contributed by atoms with Crippen LogP contribution in [0.1, 0.15) is 78.9 Å². The third kappa shape index (κ3) is 7.98. The first-order valence-corrected chi connectivity index (χ1v) is 21.0. The molecule has 300 valence electrons. The molecule has 13 heteroatoms. The lowest BCUT2D eigenvalue weighted by molar-refractivity contribution is -0.134. The topological polar surface area (TPSA) is 147 Å². The molecule has 1 unspecified atom stereocenters. The molecule has 1 saturated carbocycles. The minimum absolute atomic E-state index is 0.0547. The number of carbonyl (C=O) groups is 3. The molecule has 58 heavy (non-hydrogen) atoms. The van der Waals surface area contributed by atoms with Gasteiger partial charge >= 0.3 is 0 Å². The number of furan rings is 1. The van der Waals surface area contributed by atoms with Crippen molar-refractivity contribution in [2.24, 2.45) is 5.92 Å². The van der Waals surface area contributed by atoms with Crippen LogP contribution in [0, 0.1) is 17.2 Å². The van der Waals surface area contributed by atoms with E-state index in [-0.39, 0.29) is 29.9 Å². The van der Waals surface area contributed by atoms with E-state index in [2.05, 4.69) is 60.7 Å². The van der Waals surface area contributed by atoms with Gasteiger partial charge in [0.15, 0.2) is 0 Å². The number of hydrogen-bond acceptors (Lipinski definition) is 9. The maximum atomic E-state index is 13.2.